The van der Waals surface area contributed by atoms with Gasteiger partial charge in [-0.2, -0.15) is 5.10 Å². The molecule has 0 amide bonds. The average Bonchev–Trinajstić information content (AvgIpc) is 2.99. The van der Waals surface area contributed by atoms with Crippen LogP contribution < -0.4 is 0 Å². The largest absolute Gasteiger partial charge is 0.247 e. The highest BCUT2D eigenvalue weighted by Gasteiger charge is 2.16. The molecule has 4 heteroatoms. The molecule has 2 heterocycles. The summed E-state index contributed by atoms with van der Waals surface area (Å²) >= 11 is 3.47. The Morgan fingerprint density at radius 2 is 1.68 bits per heavy atom. The van der Waals surface area contributed by atoms with Crippen molar-refractivity contribution in [3.8, 4) is 11.3 Å². The summed E-state index contributed by atoms with van der Waals surface area (Å²) in [7, 11) is 0. The van der Waals surface area contributed by atoms with Gasteiger partial charge in [0.15, 0.2) is 5.82 Å². The Morgan fingerprint density at radius 1 is 0.909 bits per heavy atom. The monoisotopic (exact) mass is 351 g/mol. The second-order valence-corrected chi connectivity index (χ2v) is 6.21. The molecule has 0 radical (unpaired) electrons. The lowest BCUT2D eigenvalue weighted by atomic mass is 10.1. The van der Waals surface area contributed by atoms with Crippen LogP contribution in [-0.2, 0) is 6.54 Å². The zero-order valence-corrected chi connectivity index (χ0v) is 13.5. The molecule has 0 unspecified atom stereocenters. The number of benzene rings is 2. The van der Waals surface area contributed by atoms with E-state index in [0.29, 0.717) is 0 Å². The van der Waals surface area contributed by atoms with E-state index in [4.69, 9.17) is 4.99 Å². The van der Waals surface area contributed by atoms with Crippen molar-refractivity contribution < 1.29 is 0 Å². The maximum Gasteiger partial charge on any atom is 0.151 e. The SMILES string of the molecule is Brc1ccc(C2=Nc3cc(-c4ccccc4)nn3CC2)cc1. The van der Waals surface area contributed by atoms with Crippen LogP contribution in [0.25, 0.3) is 11.3 Å². The summed E-state index contributed by atoms with van der Waals surface area (Å²) in [4.78, 5) is 4.79. The summed E-state index contributed by atoms with van der Waals surface area (Å²) < 4.78 is 3.08. The number of fused-ring (bicyclic) bond motifs is 1. The second kappa shape index (κ2) is 5.54. The molecule has 1 aromatic heterocycles. The molecule has 4 rings (SSSR count). The van der Waals surface area contributed by atoms with Gasteiger partial charge in [-0.1, -0.05) is 58.4 Å². The first kappa shape index (κ1) is 13.5. The Bertz CT molecular complexity index is 833. The topological polar surface area (TPSA) is 30.2 Å². The molecule has 0 bridgehead atoms. The molecule has 22 heavy (non-hydrogen) atoms. The Balaban J connectivity index is 1.71. The van der Waals surface area contributed by atoms with Crippen LogP contribution in [0, 0.1) is 0 Å². The van der Waals surface area contributed by atoms with E-state index >= 15 is 0 Å². The highest BCUT2D eigenvalue weighted by Crippen LogP contribution is 2.28. The fraction of sp³-hybridized carbons (Fsp3) is 0.111. The molecular formula is C18H14BrN3. The molecule has 3 nitrogen and oxygen atoms in total. The van der Waals surface area contributed by atoms with E-state index in [1.165, 1.54) is 5.56 Å². The van der Waals surface area contributed by atoms with Crippen LogP contribution in [0.3, 0.4) is 0 Å². The summed E-state index contributed by atoms with van der Waals surface area (Å²) in [5, 5.41) is 4.67. The van der Waals surface area contributed by atoms with Crippen molar-refractivity contribution >= 4 is 27.5 Å². The molecule has 0 aliphatic carbocycles. The van der Waals surface area contributed by atoms with Crippen LogP contribution in [0.1, 0.15) is 12.0 Å². The van der Waals surface area contributed by atoms with Crippen molar-refractivity contribution in [3.63, 3.8) is 0 Å². The number of aryl methyl sites for hydroxylation is 1. The minimum absolute atomic E-state index is 0.872. The van der Waals surface area contributed by atoms with Gasteiger partial charge in [-0.3, -0.25) is 0 Å². The summed E-state index contributed by atoms with van der Waals surface area (Å²) in [5.74, 6) is 0.933. The second-order valence-electron chi connectivity index (χ2n) is 5.29. The molecule has 1 aliphatic rings. The molecule has 0 N–H and O–H groups in total. The number of aromatic nitrogens is 2. The molecule has 0 spiro atoms. The quantitative estimate of drug-likeness (QED) is 0.649. The van der Waals surface area contributed by atoms with Gasteiger partial charge < -0.3 is 0 Å². The Hall–Kier alpha value is -2.20. The van der Waals surface area contributed by atoms with Gasteiger partial charge in [-0.05, 0) is 17.7 Å². The predicted octanol–water partition coefficient (Wildman–Crippen LogP) is 4.84. The highest BCUT2D eigenvalue weighted by atomic mass is 79.9. The van der Waals surface area contributed by atoms with E-state index in [9.17, 15) is 0 Å². The number of nitrogens with zero attached hydrogens (tertiary/aromatic N) is 3. The van der Waals surface area contributed by atoms with Crippen LogP contribution >= 0.6 is 15.9 Å². The van der Waals surface area contributed by atoms with Gasteiger partial charge in [-0.25, -0.2) is 9.67 Å². The van der Waals surface area contributed by atoms with Crippen LogP contribution in [0.4, 0.5) is 5.82 Å². The van der Waals surface area contributed by atoms with Crippen molar-refractivity contribution in [2.45, 2.75) is 13.0 Å². The fourth-order valence-electron chi connectivity index (χ4n) is 2.67. The molecule has 1 aliphatic heterocycles. The Morgan fingerprint density at radius 3 is 2.45 bits per heavy atom. The first-order chi connectivity index (χ1) is 10.8. The summed E-state index contributed by atoms with van der Waals surface area (Å²) in [6, 6.07) is 20.6. The summed E-state index contributed by atoms with van der Waals surface area (Å²) in [6.07, 6.45) is 0.907. The number of rotatable bonds is 2. The molecule has 2 aromatic carbocycles. The van der Waals surface area contributed by atoms with Crippen molar-refractivity contribution in [1.82, 2.24) is 9.78 Å². The number of hydrogen-bond donors (Lipinski definition) is 0. The molecular weight excluding hydrogens is 338 g/mol. The van der Waals surface area contributed by atoms with Gasteiger partial charge in [0.25, 0.3) is 0 Å². The third-order valence-electron chi connectivity index (χ3n) is 3.82. The van der Waals surface area contributed by atoms with Gasteiger partial charge in [0, 0.05) is 29.1 Å². The lowest BCUT2D eigenvalue weighted by molar-refractivity contribution is 0.627. The molecule has 0 fully saturated rings. The van der Waals surface area contributed by atoms with E-state index < -0.39 is 0 Å². The van der Waals surface area contributed by atoms with Crippen LogP contribution in [0.2, 0.25) is 0 Å². The smallest absolute Gasteiger partial charge is 0.151 e. The lowest BCUT2D eigenvalue weighted by Gasteiger charge is -2.14. The average molecular weight is 352 g/mol. The van der Waals surface area contributed by atoms with E-state index in [2.05, 4.69) is 63.5 Å². The molecule has 3 aromatic rings. The highest BCUT2D eigenvalue weighted by molar-refractivity contribution is 9.10. The maximum atomic E-state index is 4.79. The minimum Gasteiger partial charge on any atom is -0.247 e. The zero-order valence-electron chi connectivity index (χ0n) is 11.9. The minimum atomic E-state index is 0.872. The van der Waals surface area contributed by atoms with E-state index in [1.54, 1.807) is 0 Å². The Labute approximate surface area is 137 Å². The first-order valence-electron chi connectivity index (χ1n) is 7.26. The van der Waals surface area contributed by atoms with Gasteiger partial charge in [0.2, 0.25) is 0 Å². The van der Waals surface area contributed by atoms with Gasteiger partial charge in [0.05, 0.1) is 11.4 Å². The Kier molecular flexibility index (Phi) is 3.39. The first-order valence-corrected chi connectivity index (χ1v) is 8.06. The molecule has 0 saturated carbocycles. The van der Waals surface area contributed by atoms with Crippen molar-refractivity contribution in [3.05, 3.63) is 70.7 Å². The van der Waals surface area contributed by atoms with Gasteiger partial charge >= 0.3 is 0 Å². The third kappa shape index (κ3) is 2.50. The van der Waals surface area contributed by atoms with E-state index in [-0.39, 0.29) is 0 Å². The van der Waals surface area contributed by atoms with E-state index in [0.717, 1.165) is 40.2 Å². The maximum absolute atomic E-state index is 4.79. The third-order valence-corrected chi connectivity index (χ3v) is 4.34. The molecule has 0 atom stereocenters. The predicted molar refractivity (Wildman–Crippen MR) is 92.6 cm³/mol. The molecule has 108 valence electrons. The molecule has 0 saturated heterocycles. The van der Waals surface area contributed by atoms with Crippen LogP contribution in [-0.4, -0.2) is 15.5 Å². The van der Waals surface area contributed by atoms with Crippen molar-refractivity contribution in [2.75, 3.05) is 0 Å². The fourth-order valence-corrected chi connectivity index (χ4v) is 2.93. The standard InChI is InChI=1S/C18H14BrN3/c19-15-8-6-14(7-9-15)16-10-11-22-18(20-16)12-17(21-22)13-4-2-1-3-5-13/h1-9,12H,10-11H2. The van der Waals surface area contributed by atoms with Gasteiger partial charge in [-0.15, -0.1) is 0 Å². The van der Waals surface area contributed by atoms with Gasteiger partial charge in [0.1, 0.15) is 0 Å². The van der Waals surface area contributed by atoms with Crippen LogP contribution in [0.5, 0.6) is 0 Å². The summed E-state index contributed by atoms with van der Waals surface area (Å²) in [5.41, 5.74) is 4.41. The van der Waals surface area contributed by atoms with Crippen molar-refractivity contribution in [2.24, 2.45) is 4.99 Å². The van der Waals surface area contributed by atoms with Crippen molar-refractivity contribution in [1.29, 1.82) is 0 Å². The number of hydrogen-bond acceptors (Lipinski definition) is 2. The lowest BCUT2D eigenvalue weighted by Crippen LogP contribution is -2.13. The number of halogens is 1. The normalized spacial score (nSPS) is 13.6. The zero-order chi connectivity index (χ0) is 14.9. The number of aliphatic imine (C=N–C) groups is 1. The van der Waals surface area contributed by atoms with Crippen LogP contribution in [0.15, 0.2) is 70.1 Å². The van der Waals surface area contributed by atoms with E-state index in [1.807, 2.05) is 22.9 Å². The summed E-state index contributed by atoms with van der Waals surface area (Å²) in [6.45, 7) is 0.872.